The normalized spacial score (nSPS) is 29.7. The third-order valence-electron chi connectivity index (χ3n) is 6.04. The van der Waals surface area contributed by atoms with E-state index in [1.807, 2.05) is 32.0 Å². The average Bonchev–Trinajstić information content (AvgIpc) is 3.06. The number of rotatable bonds is 5. The fraction of sp³-hybridized carbons (Fsp3) is 0.524. The Balaban J connectivity index is 1.40. The van der Waals surface area contributed by atoms with Crippen LogP contribution in [0.15, 0.2) is 30.3 Å². The number of nitrogens with one attached hydrogen (secondary N) is 2. The predicted octanol–water partition coefficient (Wildman–Crippen LogP) is 2.72. The number of aliphatic hydroxyl groups excluding tert-OH is 1. The summed E-state index contributed by atoms with van der Waals surface area (Å²) in [5, 5.41) is 20.1. The molecule has 1 amide bonds. The maximum atomic E-state index is 12.7. The Morgan fingerprint density at radius 3 is 2.78 bits per heavy atom. The van der Waals surface area contributed by atoms with Crippen LogP contribution >= 0.6 is 0 Å². The van der Waals surface area contributed by atoms with E-state index in [1.165, 1.54) is 5.56 Å². The third kappa shape index (κ3) is 3.39. The van der Waals surface area contributed by atoms with Crippen molar-refractivity contribution >= 4 is 5.91 Å². The highest BCUT2D eigenvalue weighted by Gasteiger charge is 2.44. The molecule has 1 aromatic heterocycles. The summed E-state index contributed by atoms with van der Waals surface area (Å²) in [5.41, 5.74) is 3.36. The lowest BCUT2D eigenvalue weighted by Crippen LogP contribution is -2.48. The summed E-state index contributed by atoms with van der Waals surface area (Å²) < 4.78 is 5.78. The molecular weight excluding hydrogens is 342 g/mol. The van der Waals surface area contributed by atoms with Crippen LogP contribution in [0, 0.1) is 5.41 Å². The molecule has 6 nitrogen and oxygen atoms in total. The first-order valence-electron chi connectivity index (χ1n) is 9.68. The van der Waals surface area contributed by atoms with Gasteiger partial charge in [0.1, 0.15) is 0 Å². The van der Waals surface area contributed by atoms with Gasteiger partial charge in [-0.2, -0.15) is 5.10 Å². The van der Waals surface area contributed by atoms with Crippen LogP contribution in [-0.2, 0) is 11.2 Å². The van der Waals surface area contributed by atoms with Crippen LogP contribution in [0.2, 0.25) is 0 Å². The largest absolute Gasteiger partial charge is 0.396 e. The minimum Gasteiger partial charge on any atom is -0.396 e. The number of aromatic amines is 1. The Labute approximate surface area is 159 Å². The van der Waals surface area contributed by atoms with Crippen LogP contribution in [0.4, 0.5) is 0 Å². The van der Waals surface area contributed by atoms with Crippen molar-refractivity contribution in [1.82, 2.24) is 15.5 Å². The molecule has 1 aliphatic heterocycles. The third-order valence-corrected chi connectivity index (χ3v) is 6.04. The number of fused-ring (bicyclic) bond motifs is 1. The van der Waals surface area contributed by atoms with Crippen molar-refractivity contribution in [3.63, 3.8) is 0 Å². The second-order valence-corrected chi connectivity index (χ2v) is 8.11. The van der Waals surface area contributed by atoms with Gasteiger partial charge in [-0.25, -0.2) is 0 Å². The van der Waals surface area contributed by atoms with E-state index >= 15 is 0 Å². The minimum absolute atomic E-state index is 0.0682. The van der Waals surface area contributed by atoms with Gasteiger partial charge in [0.15, 0.2) is 5.69 Å². The number of carbonyl (C=O) groups excluding carboxylic acids is 1. The Morgan fingerprint density at radius 1 is 1.33 bits per heavy atom. The number of aliphatic hydroxyl groups is 1. The van der Waals surface area contributed by atoms with Crippen molar-refractivity contribution in [3.8, 4) is 0 Å². The van der Waals surface area contributed by atoms with Crippen LogP contribution in [0.5, 0.6) is 0 Å². The Hall–Kier alpha value is -2.18. The summed E-state index contributed by atoms with van der Waals surface area (Å²) in [6.07, 6.45) is 2.43. The standard InChI is InChI=1S/C21H27N3O3/c1-13-8-17-18(14(2)27-13)23-24-19(17)20(26)22-11-21(12-25)9-16(10-21)15-6-4-3-5-7-15/h3-7,13-14,16,25H,8-12H2,1-2H3,(H,22,26)(H,23,24)/t13-,14+,16?,21?/m1/s1. The zero-order chi connectivity index (χ0) is 19.0. The number of benzene rings is 1. The maximum Gasteiger partial charge on any atom is 0.272 e. The van der Waals surface area contributed by atoms with Gasteiger partial charge in [0, 0.05) is 23.9 Å². The quantitative estimate of drug-likeness (QED) is 0.756. The van der Waals surface area contributed by atoms with Crippen molar-refractivity contribution < 1.29 is 14.6 Å². The summed E-state index contributed by atoms with van der Waals surface area (Å²) in [6, 6.07) is 10.4. The van der Waals surface area contributed by atoms with Gasteiger partial charge < -0.3 is 15.2 Å². The predicted molar refractivity (Wildman–Crippen MR) is 102 cm³/mol. The van der Waals surface area contributed by atoms with Crippen molar-refractivity contribution in [2.75, 3.05) is 13.2 Å². The van der Waals surface area contributed by atoms with E-state index < -0.39 is 0 Å². The highest BCUT2D eigenvalue weighted by atomic mass is 16.5. The van der Waals surface area contributed by atoms with E-state index in [1.54, 1.807) is 0 Å². The van der Waals surface area contributed by atoms with E-state index in [2.05, 4.69) is 27.6 Å². The first-order valence-corrected chi connectivity index (χ1v) is 9.68. The molecule has 0 spiro atoms. The summed E-state index contributed by atoms with van der Waals surface area (Å²) in [7, 11) is 0. The van der Waals surface area contributed by atoms with E-state index in [0.29, 0.717) is 24.6 Å². The number of amides is 1. The number of ether oxygens (including phenoxy) is 1. The van der Waals surface area contributed by atoms with E-state index in [0.717, 1.165) is 24.1 Å². The summed E-state index contributed by atoms with van der Waals surface area (Å²) in [5.74, 6) is 0.275. The van der Waals surface area contributed by atoms with Gasteiger partial charge in [0.2, 0.25) is 0 Å². The lowest BCUT2D eigenvalue weighted by Gasteiger charge is -2.47. The molecule has 2 atom stereocenters. The van der Waals surface area contributed by atoms with Gasteiger partial charge in [-0.1, -0.05) is 30.3 Å². The number of H-pyrrole nitrogens is 1. The highest BCUT2D eigenvalue weighted by molar-refractivity contribution is 5.94. The van der Waals surface area contributed by atoms with Gasteiger partial charge >= 0.3 is 0 Å². The number of hydrogen-bond donors (Lipinski definition) is 3. The van der Waals surface area contributed by atoms with Crippen molar-refractivity contribution in [2.24, 2.45) is 5.41 Å². The van der Waals surface area contributed by atoms with Gasteiger partial charge in [-0.05, 0) is 38.2 Å². The van der Waals surface area contributed by atoms with Gasteiger partial charge in [0.25, 0.3) is 5.91 Å². The average molecular weight is 369 g/mol. The molecule has 1 aromatic carbocycles. The molecule has 144 valence electrons. The molecule has 0 radical (unpaired) electrons. The molecule has 2 heterocycles. The SMILES string of the molecule is C[C@@H]1Cc2c(C(=O)NCC3(CO)CC(c4ccccc4)C3)n[nH]c2[C@H](C)O1. The monoisotopic (exact) mass is 369 g/mol. The molecule has 6 heteroatoms. The molecule has 3 N–H and O–H groups in total. The maximum absolute atomic E-state index is 12.7. The Morgan fingerprint density at radius 2 is 2.07 bits per heavy atom. The number of carbonyl (C=O) groups is 1. The van der Waals surface area contributed by atoms with E-state index in [-0.39, 0.29) is 30.1 Å². The van der Waals surface area contributed by atoms with Crippen molar-refractivity contribution in [3.05, 3.63) is 52.8 Å². The lowest BCUT2D eigenvalue weighted by molar-refractivity contribution is -0.00699. The molecule has 2 aromatic rings. The molecule has 1 fully saturated rings. The Kier molecular flexibility index (Phi) is 4.78. The smallest absolute Gasteiger partial charge is 0.272 e. The second kappa shape index (κ2) is 7.09. The van der Waals surface area contributed by atoms with Crippen LogP contribution in [0.25, 0.3) is 0 Å². The second-order valence-electron chi connectivity index (χ2n) is 8.11. The number of hydrogen-bond acceptors (Lipinski definition) is 4. The zero-order valence-electron chi connectivity index (χ0n) is 15.9. The molecule has 2 aliphatic rings. The highest BCUT2D eigenvalue weighted by Crippen LogP contribution is 2.50. The fourth-order valence-corrected chi connectivity index (χ4v) is 4.49. The first kappa shape index (κ1) is 18.2. The summed E-state index contributed by atoms with van der Waals surface area (Å²) in [6.45, 7) is 4.52. The van der Waals surface area contributed by atoms with Crippen LogP contribution in [0.1, 0.15) is 66.0 Å². The first-order chi connectivity index (χ1) is 13.0. The van der Waals surface area contributed by atoms with Crippen LogP contribution in [-0.4, -0.2) is 40.5 Å². The Bertz CT molecular complexity index is 811. The molecule has 0 saturated heterocycles. The number of nitrogens with zero attached hydrogens (tertiary/aromatic N) is 1. The topological polar surface area (TPSA) is 87.2 Å². The molecule has 1 aliphatic carbocycles. The lowest BCUT2D eigenvalue weighted by atomic mass is 9.60. The zero-order valence-corrected chi connectivity index (χ0v) is 15.9. The molecule has 0 unspecified atom stereocenters. The van der Waals surface area contributed by atoms with Gasteiger partial charge in [0.05, 0.1) is 24.5 Å². The molecule has 1 saturated carbocycles. The number of aromatic nitrogens is 2. The van der Waals surface area contributed by atoms with E-state index in [9.17, 15) is 9.90 Å². The fourth-order valence-electron chi connectivity index (χ4n) is 4.49. The molecule has 4 rings (SSSR count). The van der Waals surface area contributed by atoms with Crippen LogP contribution < -0.4 is 5.32 Å². The van der Waals surface area contributed by atoms with Crippen molar-refractivity contribution in [1.29, 1.82) is 0 Å². The summed E-state index contributed by atoms with van der Waals surface area (Å²) in [4.78, 5) is 12.7. The summed E-state index contributed by atoms with van der Waals surface area (Å²) >= 11 is 0. The molecule has 0 bridgehead atoms. The van der Waals surface area contributed by atoms with Crippen LogP contribution in [0.3, 0.4) is 0 Å². The van der Waals surface area contributed by atoms with Gasteiger partial charge in [-0.3, -0.25) is 9.89 Å². The van der Waals surface area contributed by atoms with Crippen molar-refractivity contribution in [2.45, 2.75) is 51.2 Å². The molecular formula is C21H27N3O3. The van der Waals surface area contributed by atoms with E-state index in [4.69, 9.17) is 4.74 Å². The van der Waals surface area contributed by atoms with Gasteiger partial charge in [-0.15, -0.1) is 0 Å². The molecule has 27 heavy (non-hydrogen) atoms. The minimum atomic E-state index is -0.240.